The van der Waals surface area contributed by atoms with Crippen LogP contribution in [0.5, 0.6) is 0 Å². The van der Waals surface area contributed by atoms with Gasteiger partial charge < -0.3 is 9.47 Å². The number of ether oxygens (including phenoxy) is 2. The van der Waals surface area contributed by atoms with Crippen LogP contribution in [0.25, 0.3) is 0 Å². The smallest absolute Gasteiger partial charge is 0.350 e. The summed E-state index contributed by atoms with van der Waals surface area (Å²) in [5.41, 5.74) is 6.40. The molecule has 0 amide bonds. The Labute approximate surface area is 95.3 Å². The van der Waals surface area contributed by atoms with Crippen molar-refractivity contribution >= 4 is 5.97 Å². The molecule has 0 fully saturated rings. The zero-order valence-electron chi connectivity index (χ0n) is 9.39. The zero-order chi connectivity index (χ0) is 11.8. The summed E-state index contributed by atoms with van der Waals surface area (Å²) in [5, 5.41) is 0. The first kappa shape index (κ1) is 12.7. The zero-order valence-corrected chi connectivity index (χ0v) is 9.39. The maximum atomic E-state index is 11.3. The van der Waals surface area contributed by atoms with Crippen molar-refractivity contribution in [1.29, 1.82) is 0 Å². The van der Waals surface area contributed by atoms with Crippen LogP contribution in [0, 0.1) is 0 Å². The second kappa shape index (κ2) is 6.98. The minimum atomic E-state index is -0.983. The van der Waals surface area contributed by atoms with E-state index in [-0.39, 0.29) is 6.61 Å². The van der Waals surface area contributed by atoms with Crippen molar-refractivity contribution in [3.8, 4) is 0 Å². The molecule has 4 heteroatoms. The van der Waals surface area contributed by atoms with E-state index in [9.17, 15) is 4.79 Å². The van der Waals surface area contributed by atoms with Crippen molar-refractivity contribution < 1.29 is 14.3 Å². The van der Waals surface area contributed by atoms with E-state index < -0.39 is 12.2 Å². The number of benzene rings is 1. The van der Waals surface area contributed by atoms with Gasteiger partial charge in [0.2, 0.25) is 6.23 Å². The fraction of sp³-hybridized carbons (Fsp3) is 0.417. The molecule has 2 N–H and O–H groups in total. The predicted molar refractivity (Wildman–Crippen MR) is 60.5 cm³/mol. The molecule has 16 heavy (non-hydrogen) atoms. The van der Waals surface area contributed by atoms with E-state index in [4.69, 9.17) is 15.2 Å². The van der Waals surface area contributed by atoms with Gasteiger partial charge in [0, 0.05) is 6.61 Å². The molecule has 0 radical (unpaired) electrons. The van der Waals surface area contributed by atoms with Gasteiger partial charge >= 0.3 is 5.97 Å². The van der Waals surface area contributed by atoms with Crippen LogP contribution in [0.15, 0.2) is 30.3 Å². The van der Waals surface area contributed by atoms with Crippen LogP contribution in [0.3, 0.4) is 0 Å². The molecule has 0 aliphatic rings. The number of rotatable bonds is 6. The third kappa shape index (κ3) is 4.42. The summed E-state index contributed by atoms with van der Waals surface area (Å²) in [6, 6.07) is 9.44. The highest BCUT2D eigenvalue weighted by Gasteiger charge is 2.14. The Balaban J connectivity index is 2.29. The lowest BCUT2D eigenvalue weighted by Gasteiger charge is -2.11. The molecule has 0 saturated carbocycles. The number of esters is 1. The lowest BCUT2D eigenvalue weighted by Crippen LogP contribution is -2.35. The number of nitrogens with two attached hydrogens (primary N) is 1. The Morgan fingerprint density at radius 1 is 1.38 bits per heavy atom. The maximum Gasteiger partial charge on any atom is 0.350 e. The van der Waals surface area contributed by atoms with Crippen molar-refractivity contribution in [2.45, 2.75) is 26.2 Å². The molecule has 4 nitrogen and oxygen atoms in total. The van der Waals surface area contributed by atoms with E-state index in [0.717, 1.165) is 12.0 Å². The van der Waals surface area contributed by atoms with Gasteiger partial charge in [0.25, 0.3) is 0 Å². The van der Waals surface area contributed by atoms with Gasteiger partial charge in [0.15, 0.2) is 0 Å². The summed E-state index contributed by atoms with van der Waals surface area (Å²) in [6.07, 6.45) is -0.164. The van der Waals surface area contributed by atoms with Crippen molar-refractivity contribution in [2.24, 2.45) is 5.73 Å². The lowest BCUT2D eigenvalue weighted by molar-refractivity contribution is -0.158. The van der Waals surface area contributed by atoms with E-state index in [1.807, 2.05) is 37.3 Å². The van der Waals surface area contributed by atoms with Crippen molar-refractivity contribution in [1.82, 2.24) is 0 Å². The average Bonchev–Trinajstić information content (AvgIpc) is 2.34. The summed E-state index contributed by atoms with van der Waals surface area (Å²) in [6.45, 7) is 2.63. The van der Waals surface area contributed by atoms with Gasteiger partial charge in [-0.3, -0.25) is 5.73 Å². The molecule has 0 aliphatic carbocycles. The third-order valence-electron chi connectivity index (χ3n) is 1.96. The minimum absolute atomic E-state index is 0.225. The summed E-state index contributed by atoms with van der Waals surface area (Å²) < 4.78 is 10.0. The second-order valence-corrected chi connectivity index (χ2v) is 3.38. The second-order valence-electron chi connectivity index (χ2n) is 3.38. The highest BCUT2D eigenvalue weighted by molar-refractivity contribution is 5.73. The van der Waals surface area contributed by atoms with Gasteiger partial charge in [-0.15, -0.1) is 0 Å². The average molecular weight is 223 g/mol. The van der Waals surface area contributed by atoms with Gasteiger partial charge in [0.05, 0.1) is 0 Å². The highest BCUT2D eigenvalue weighted by Crippen LogP contribution is 2.01. The SMILES string of the molecule is CCCOC(N)C(=O)OCc1ccccc1. The van der Waals surface area contributed by atoms with Crippen LogP contribution in [-0.4, -0.2) is 18.8 Å². The van der Waals surface area contributed by atoms with E-state index in [2.05, 4.69) is 0 Å². The standard InChI is InChI=1S/C12H17NO3/c1-2-8-15-11(13)12(14)16-9-10-6-4-3-5-7-10/h3-7,11H,2,8-9,13H2,1H3. The van der Waals surface area contributed by atoms with Gasteiger partial charge in [-0.05, 0) is 12.0 Å². The summed E-state index contributed by atoms with van der Waals surface area (Å²) in [5.74, 6) is -0.530. The molecular weight excluding hydrogens is 206 g/mol. The first-order valence-corrected chi connectivity index (χ1v) is 5.31. The molecule has 1 atom stereocenters. The Morgan fingerprint density at radius 3 is 2.69 bits per heavy atom. The Bertz CT molecular complexity index is 313. The van der Waals surface area contributed by atoms with Gasteiger partial charge in [-0.1, -0.05) is 37.3 Å². The first-order valence-electron chi connectivity index (χ1n) is 5.31. The monoisotopic (exact) mass is 223 g/mol. The molecule has 0 aliphatic heterocycles. The van der Waals surface area contributed by atoms with E-state index >= 15 is 0 Å². The molecule has 0 bridgehead atoms. The Morgan fingerprint density at radius 2 is 2.06 bits per heavy atom. The van der Waals surface area contributed by atoms with Crippen LogP contribution >= 0.6 is 0 Å². The maximum absolute atomic E-state index is 11.3. The van der Waals surface area contributed by atoms with E-state index in [0.29, 0.717) is 6.61 Å². The minimum Gasteiger partial charge on any atom is -0.458 e. The highest BCUT2D eigenvalue weighted by atomic mass is 16.6. The Hall–Kier alpha value is -1.39. The summed E-state index contributed by atoms with van der Waals surface area (Å²) >= 11 is 0. The van der Waals surface area contributed by atoms with Crippen LogP contribution in [0.2, 0.25) is 0 Å². The summed E-state index contributed by atoms with van der Waals surface area (Å²) in [7, 11) is 0. The van der Waals surface area contributed by atoms with Gasteiger partial charge in [0.1, 0.15) is 6.61 Å². The molecule has 1 aromatic carbocycles. The number of hydrogen-bond acceptors (Lipinski definition) is 4. The number of hydrogen-bond donors (Lipinski definition) is 1. The molecule has 1 unspecified atom stereocenters. The summed E-state index contributed by atoms with van der Waals surface area (Å²) in [4.78, 5) is 11.3. The van der Waals surface area contributed by atoms with E-state index in [1.165, 1.54) is 0 Å². The largest absolute Gasteiger partial charge is 0.458 e. The van der Waals surface area contributed by atoms with Gasteiger partial charge in [-0.2, -0.15) is 0 Å². The molecule has 1 rings (SSSR count). The van der Waals surface area contributed by atoms with Crippen molar-refractivity contribution in [3.63, 3.8) is 0 Å². The molecule has 1 aromatic rings. The predicted octanol–water partition coefficient (Wildman–Crippen LogP) is 1.44. The molecule has 0 spiro atoms. The molecule has 0 aromatic heterocycles. The van der Waals surface area contributed by atoms with Crippen LogP contribution in [0.4, 0.5) is 0 Å². The lowest BCUT2D eigenvalue weighted by atomic mass is 10.2. The van der Waals surface area contributed by atoms with Gasteiger partial charge in [-0.25, -0.2) is 4.79 Å². The molecule has 0 heterocycles. The first-order chi connectivity index (χ1) is 7.74. The van der Waals surface area contributed by atoms with Crippen LogP contribution < -0.4 is 5.73 Å². The molecule has 88 valence electrons. The fourth-order valence-electron chi connectivity index (χ4n) is 1.12. The number of carbonyl (C=O) groups excluding carboxylic acids is 1. The molecule has 0 saturated heterocycles. The Kier molecular flexibility index (Phi) is 5.53. The van der Waals surface area contributed by atoms with Crippen LogP contribution in [0.1, 0.15) is 18.9 Å². The fourth-order valence-corrected chi connectivity index (χ4v) is 1.12. The van der Waals surface area contributed by atoms with Crippen LogP contribution in [-0.2, 0) is 20.9 Å². The normalized spacial score (nSPS) is 12.1. The van der Waals surface area contributed by atoms with E-state index in [1.54, 1.807) is 0 Å². The van der Waals surface area contributed by atoms with Crippen molar-refractivity contribution in [2.75, 3.05) is 6.61 Å². The number of carbonyl (C=O) groups is 1. The quantitative estimate of drug-likeness (QED) is 0.585. The third-order valence-corrected chi connectivity index (χ3v) is 1.96. The van der Waals surface area contributed by atoms with Crippen molar-refractivity contribution in [3.05, 3.63) is 35.9 Å². The topological polar surface area (TPSA) is 61.5 Å². The molecular formula is C12H17NO3.